The molecule has 4 heteroatoms. The molecule has 0 amide bonds. The van der Waals surface area contributed by atoms with E-state index in [1.54, 1.807) is 0 Å². The Morgan fingerprint density at radius 1 is 1.19 bits per heavy atom. The minimum absolute atomic E-state index is 0.488. The first-order valence-electron chi connectivity index (χ1n) is 8.46. The molecule has 1 unspecified atom stereocenters. The Morgan fingerprint density at radius 3 is 2.43 bits per heavy atom. The van der Waals surface area contributed by atoms with Crippen molar-refractivity contribution in [3.63, 3.8) is 0 Å². The Kier molecular flexibility index (Phi) is 5.82. The van der Waals surface area contributed by atoms with Crippen LogP contribution >= 0.6 is 0 Å². The first kappa shape index (κ1) is 16.5. The standard InChI is InChI=1S/C17H32N4/c1-13(2)16(21-8-6-7-9-21)11-18-10-15-12-20(5)19-17(15)14(3)4/h12-14,16,18H,6-11H2,1-5H3. The van der Waals surface area contributed by atoms with Crippen LogP contribution in [-0.4, -0.2) is 40.4 Å². The summed E-state index contributed by atoms with van der Waals surface area (Å²) in [6, 6.07) is 0.659. The number of rotatable bonds is 7. The molecule has 1 saturated heterocycles. The van der Waals surface area contributed by atoms with Gasteiger partial charge in [0.1, 0.15) is 0 Å². The van der Waals surface area contributed by atoms with Gasteiger partial charge in [-0.3, -0.25) is 9.58 Å². The molecule has 0 spiro atoms. The van der Waals surface area contributed by atoms with Crippen LogP contribution in [0.25, 0.3) is 0 Å². The van der Waals surface area contributed by atoms with Gasteiger partial charge in [-0.25, -0.2) is 0 Å². The highest BCUT2D eigenvalue weighted by Crippen LogP contribution is 2.19. The predicted octanol–water partition coefficient (Wildman–Crippen LogP) is 2.75. The Bertz CT molecular complexity index is 430. The van der Waals surface area contributed by atoms with Crippen molar-refractivity contribution in [2.24, 2.45) is 13.0 Å². The zero-order valence-electron chi connectivity index (χ0n) is 14.4. The van der Waals surface area contributed by atoms with Crippen LogP contribution in [0.1, 0.15) is 57.7 Å². The molecule has 1 aromatic heterocycles. The maximum absolute atomic E-state index is 4.59. The average Bonchev–Trinajstić information content (AvgIpc) is 3.03. The summed E-state index contributed by atoms with van der Waals surface area (Å²) in [4.78, 5) is 2.66. The highest BCUT2D eigenvalue weighted by molar-refractivity contribution is 5.19. The van der Waals surface area contributed by atoms with Crippen molar-refractivity contribution in [2.75, 3.05) is 19.6 Å². The number of hydrogen-bond donors (Lipinski definition) is 1. The summed E-state index contributed by atoms with van der Waals surface area (Å²) in [6.45, 7) is 13.7. The second-order valence-corrected chi connectivity index (χ2v) is 7.05. The molecule has 1 N–H and O–H groups in total. The van der Waals surface area contributed by atoms with Crippen LogP contribution in [0.3, 0.4) is 0 Å². The van der Waals surface area contributed by atoms with Crippen LogP contribution in [0.2, 0.25) is 0 Å². The lowest BCUT2D eigenvalue weighted by molar-refractivity contribution is 0.186. The van der Waals surface area contributed by atoms with E-state index in [1.807, 2.05) is 11.7 Å². The summed E-state index contributed by atoms with van der Waals surface area (Å²) < 4.78 is 1.94. The molecule has 120 valence electrons. The summed E-state index contributed by atoms with van der Waals surface area (Å²) in [5, 5.41) is 8.26. The molecule has 0 saturated carbocycles. The van der Waals surface area contributed by atoms with Gasteiger partial charge in [-0.15, -0.1) is 0 Å². The van der Waals surface area contributed by atoms with Crippen molar-refractivity contribution in [1.82, 2.24) is 20.0 Å². The van der Waals surface area contributed by atoms with E-state index in [9.17, 15) is 0 Å². The summed E-state index contributed by atoms with van der Waals surface area (Å²) >= 11 is 0. The summed E-state index contributed by atoms with van der Waals surface area (Å²) in [6.07, 6.45) is 4.88. The Labute approximate surface area is 129 Å². The van der Waals surface area contributed by atoms with Crippen molar-refractivity contribution in [1.29, 1.82) is 0 Å². The topological polar surface area (TPSA) is 33.1 Å². The molecule has 2 rings (SSSR count). The van der Waals surface area contributed by atoms with Gasteiger partial charge in [0.25, 0.3) is 0 Å². The van der Waals surface area contributed by atoms with Crippen LogP contribution in [0.4, 0.5) is 0 Å². The van der Waals surface area contributed by atoms with Gasteiger partial charge in [-0.1, -0.05) is 27.7 Å². The largest absolute Gasteiger partial charge is 0.311 e. The molecule has 1 fully saturated rings. The Hall–Kier alpha value is -0.870. The lowest BCUT2D eigenvalue weighted by Gasteiger charge is -2.31. The van der Waals surface area contributed by atoms with Crippen LogP contribution in [0.5, 0.6) is 0 Å². The van der Waals surface area contributed by atoms with Gasteiger partial charge in [0.2, 0.25) is 0 Å². The maximum Gasteiger partial charge on any atom is 0.0694 e. The molecular formula is C17H32N4. The molecule has 0 bridgehead atoms. The van der Waals surface area contributed by atoms with E-state index in [1.165, 1.54) is 37.2 Å². The molecule has 21 heavy (non-hydrogen) atoms. The monoisotopic (exact) mass is 292 g/mol. The van der Waals surface area contributed by atoms with Gasteiger partial charge in [0, 0.05) is 37.9 Å². The molecule has 0 radical (unpaired) electrons. The van der Waals surface area contributed by atoms with Gasteiger partial charge in [0.15, 0.2) is 0 Å². The molecule has 1 atom stereocenters. The highest BCUT2D eigenvalue weighted by Gasteiger charge is 2.24. The van der Waals surface area contributed by atoms with E-state index in [4.69, 9.17) is 0 Å². The van der Waals surface area contributed by atoms with Crippen molar-refractivity contribution < 1.29 is 0 Å². The van der Waals surface area contributed by atoms with Crippen LogP contribution in [0, 0.1) is 5.92 Å². The second kappa shape index (κ2) is 7.41. The van der Waals surface area contributed by atoms with E-state index >= 15 is 0 Å². The molecular weight excluding hydrogens is 260 g/mol. The van der Waals surface area contributed by atoms with Gasteiger partial charge >= 0.3 is 0 Å². The van der Waals surface area contributed by atoms with Gasteiger partial charge < -0.3 is 5.32 Å². The summed E-state index contributed by atoms with van der Waals surface area (Å²) in [7, 11) is 2.01. The number of likely N-dealkylation sites (tertiary alicyclic amines) is 1. The number of aromatic nitrogens is 2. The van der Waals surface area contributed by atoms with Crippen LogP contribution in [-0.2, 0) is 13.6 Å². The van der Waals surface area contributed by atoms with Crippen molar-refractivity contribution in [3.05, 3.63) is 17.5 Å². The minimum Gasteiger partial charge on any atom is -0.311 e. The fraction of sp³-hybridized carbons (Fsp3) is 0.824. The van der Waals surface area contributed by atoms with Crippen molar-refractivity contribution >= 4 is 0 Å². The lowest BCUT2D eigenvalue weighted by Crippen LogP contribution is -2.44. The average molecular weight is 292 g/mol. The Morgan fingerprint density at radius 2 is 1.86 bits per heavy atom. The van der Waals surface area contributed by atoms with Gasteiger partial charge in [0.05, 0.1) is 5.69 Å². The molecule has 1 aromatic rings. The smallest absolute Gasteiger partial charge is 0.0694 e. The van der Waals surface area contributed by atoms with Crippen molar-refractivity contribution in [3.8, 4) is 0 Å². The Balaban J connectivity index is 1.90. The first-order valence-corrected chi connectivity index (χ1v) is 8.46. The van der Waals surface area contributed by atoms with E-state index in [0.717, 1.165) is 13.1 Å². The van der Waals surface area contributed by atoms with E-state index in [0.29, 0.717) is 17.9 Å². The highest BCUT2D eigenvalue weighted by atomic mass is 15.3. The molecule has 1 aliphatic rings. The van der Waals surface area contributed by atoms with Crippen LogP contribution < -0.4 is 5.32 Å². The summed E-state index contributed by atoms with van der Waals surface area (Å²) in [5.41, 5.74) is 2.57. The second-order valence-electron chi connectivity index (χ2n) is 7.05. The zero-order chi connectivity index (χ0) is 15.4. The fourth-order valence-electron chi connectivity index (χ4n) is 3.39. The predicted molar refractivity (Wildman–Crippen MR) is 88.4 cm³/mol. The lowest BCUT2D eigenvalue weighted by atomic mass is 10.0. The number of nitrogens with one attached hydrogen (secondary N) is 1. The maximum atomic E-state index is 4.59. The number of hydrogen-bond acceptors (Lipinski definition) is 3. The zero-order valence-corrected chi connectivity index (χ0v) is 14.4. The van der Waals surface area contributed by atoms with E-state index in [-0.39, 0.29) is 0 Å². The number of aryl methyl sites for hydroxylation is 1. The normalized spacial score (nSPS) is 18.0. The molecule has 0 aromatic carbocycles. The fourth-order valence-corrected chi connectivity index (χ4v) is 3.39. The third-order valence-corrected chi connectivity index (χ3v) is 4.53. The summed E-state index contributed by atoms with van der Waals surface area (Å²) in [5.74, 6) is 1.19. The minimum atomic E-state index is 0.488. The quantitative estimate of drug-likeness (QED) is 0.839. The molecule has 1 aliphatic heterocycles. The molecule has 4 nitrogen and oxygen atoms in total. The van der Waals surface area contributed by atoms with Crippen molar-refractivity contribution in [2.45, 2.75) is 59.0 Å². The number of nitrogens with zero attached hydrogens (tertiary/aromatic N) is 3. The molecule has 2 heterocycles. The SMILES string of the molecule is CC(C)c1nn(C)cc1CNCC(C(C)C)N1CCCC1. The molecule has 0 aliphatic carbocycles. The third-order valence-electron chi connectivity index (χ3n) is 4.53. The first-order chi connectivity index (χ1) is 9.99. The van der Waals surface area contributed by atoms with Crippen LogP contribution in [0.15, 0.2) is 6.20 Å². The third kappa shape index (κ3) is 4.30. The van der Waals surface area contributed by atoms with Gasteiger partial charge in [-0.2, -0.15) is 5.10 Å². The van der Waals surface area contributed by atoms with E-state index in [2.05, 4.69) is 49.2 Å². The van der Waals surface area contributed by atoms with Gasteiger partial charge in [-0.05, 0) is 37.8 Å². The van der Waals surface area contributed by atoms with E-state index < -0.39 is 0 Å².